The highest BCUT2D eigenvalue weighted by Crippen LogP contribution is 2.23. The number of tetrazole rings is 1. The van der Waals surface area contributed by atoms with Crippen LogP contribution in [-0.4, -0.2) is 81.3 Å². The molecule has 2 aromatic rings. The molecule has 1 amide bonds. The van der Waals surface area contributed by atoms with Crippen molar-refractivity contribution in [3.8, 4) is 5.69 Å². The summed E-state index contributed by atoms with van der Waals surface area (Å²) in [5, 5.41) is 11.2. The Balaban J connectivity index is 1.34. The van der Waals surface area contributed by atoms with Gasteiger partial charge in [0.1, 0.15) is 6.33 Å². The van der Waals surface area contributed by atoms with Crippen LogP contribution in [-0.2, 0) is 4.74 Å². The molecule has 0 spiro atoms. The SMILES string of the molecule is COC1CCN(C2CCN(C(=O)c3cccc(-n4cnnn4)c3)CC2)CC1. The fraction of sp³-hybridized carbons (Fsp3) is 0.579. The van der Waals surface area contributed by atoms with Crippen molar-refractivity contribution in [3.63, 3.8) is 0 Å². The Labute approximate surface area is 159 Å². The van der Waals surface area contributed by atoms with E-state index in [1.165, 1.54) is 6.33 Å². The number of ether oxygens (including phenoxy) is 1. The van der Waals surface area contributed by atoms with Crippen molar-refractivity contribution in [2.24, 2.45) is 0 Å². The first-order chi connectivity index (χ1) is 13.2. The minimum absolute atomic E-state index is 0.0847. The van der Waals surface area contributed by atoms with Crippen molar-refractivity contribution in [1.29, 1.82) is 0 Å². The average Bonchev–Trinajstić information content (AvgIpc) is 3.29. The predicted molar refractivity (Wildman–Crippen MR) is 99.7 cm³/mol. The van der Waals surface area contributed by atoms with Gasteiger partial charge in [-0.3, -0.25) is 4.79 Å². The zero-order valence-electron chi connectivity index (χ0n) is 15.7. The molecule has 2 saturated heterocycles. The van der Waals surface area contributed by atoms with Crippen molar-refractivity contribution in [2.45, 2.75) is 37.8 Å². The summed E-state index contributed by atoms with van der Waals surface area (Å²) < 4.78 is 7.03. The van der Waals surface area contributed by atoms with E-state index in [-0.39, 0.29) is 5.91 Å². The third-order valence-corrected chi connectivity index (χ3v) is 5.78. The topological polar surface area (TPSA) is 76.4 Å². The molecule has 2 aliphatic rings. The van der Waals surface area contributed by atoms with E-state index in [9.17, 15) is 4.79 Å². The monoisotopic (exact) mass is 370 g/mol. The molecule has 2 fully saturated rings. The molecule has 1 aromatic heterocycles. The molecule has 0 bridgehead atoms. The molecule has 8 heteroatoms. The third-order valence-electron chi connectivity index (χ3n) is 5.78. The summed E-state index contributed by atoms with van der Waals surface area (Å²) in [5.41, 5.74) is 1.48. The maximum atomic E-state index is 12.9. The molecule has 0 saturated carbocycles. The van der Waals surface area contributed by atoms with E-state index in [1.54, 1.807) is 11.8 Å². The van der Waals surface area contributed by atoms with Crippen LogP contribution in [0.2, 0.25) is 0 Å². The van der Waals surface area contributed by atoms with E-state index in [0.29, 0.717) is 17.7 Å². The largest absolute Gasteiger partial charge is 0.381 e. The van der Waals surface area contributed by atoms with E-state index in [1.807, 2.05) is 29.2 Å². The number of hydrogen-bond donors (Lipinski definition) is 0. The lowest BCUT2D eigenvalue weighted by atomic mass is 9.98. The molecule has 27 heavy (non-hydrogen) atoms. The number of piperidine rings is 2. The number of hydrogen-bond acceptors (Lipinski definition) is 6. The van der Waals surface area contributed by atoms with Crippen LogP contribution >= 0.6 is 0 Å². The lowest BCUT2D eigenvalue weighted by molar-refractivity contribution is 0.0145. The Bertz CT molecular complexity index is 749. The molecule has 0 aliphatic carbocycles. The number of rotatable bonds is 4. The van der Waals surface area contributed by atoms with Gasteiger partial charge in [-0.1, -0.05) is 6.07 Å². The highest BCUT2D eigenvalue weighted by Gasteiger charge is 2.30. The van der Waals surface area contributed by atoms with E-state index in [2.05, 4.69) is 20.4 Å². The maximum absolute atomic E-state index is 12.9. The van der Waals surface area contributed by atoms with Gasteiger partial charge in [0, 0.05) is 44.9 Å². The van der Waals surface area contributed by atoms with Crippen LogP contribution in [0.15, 0.2) is 30.6 Å². The van der Waals surface area contributed by atoms with Gasteiger partial charge in [0.25, 0.3) is 5.91 Å². The molecule has 144 valence electrons. The molecule has 3 heterocycles. The van der Waals surface area contributed by atoms with Gasteiger partial charge in [-0.05, 0) is 54.3 Å². The molecule has 0 radical (unpaired) electrons. The molecule has 0 unspecified atom stereocenters. The Kier molecular flexibility index (Phi) is 5.45. The van der Waals surface area contributed by atoms with Crippen molar-refractivity contribution < 1.29 is 9.53 Å². The van der Waals surface area contributed by atoms with E-state index < -0.39 is 0 Å². The molecule has 8 nitrogen and oxygen atoms in total. The van der Waals surface area contributed by atoms with Crippen molar-refractivity contribution in [2.75, 3.05) is 33.3 Å². The summed E-state index contributed by atoms with van der Waals surface area (Å²) in [7, 11) is 1.80. The van der Waals surface area contributed by atoms with Gasteiger partial charge in [-0.2, -0.15) is 0 Å². The van der Waals surface area contributed by atoms with Gasteiger partial charge in [0.15, 0.2) is 0 Å². The number of amides is 1. The molecule has 4 rings (SSSR count). The first-order valence-electron chi connectivity index (χ1n) is 9.64. The predicted octanol–water partition coefficient (Wildman–Crippen LogP) is 1.38. The Hall–Kier alpha value is -2.32. The minimum Gasteiger partial charge on any atom is -0.381 e. The fourth-order valence-electron chi connectivity index (χ4n) is 4.15. The Morgan fingerprint density at radius 1 is 1.11 bits per heavy atom. The van der Waals surface area contributed by atoms with Crippen molar-refractivity contribution in [3.05, 3.63) is 36.2 Å². The van der Waals surface area contributed by atoms with Gasteiger partial charge >= 0.3 is 0 Å². The molecule has 0 N–H and O–H groups in total. The summed E-state index contributed by atoms with van der Waals surface area (Å²) in [5.74, 6) is 0.0847. The van der Waals surface area contributed by atoms with Crippen LogP contribution < -0.4 is 0 Å². The smallest absolute Gasteiger partial charge is 0.253 e. The number of aromatic nitrogens is 4. The summed E-state index contributed by atoms with van der Waals surface area (Å²) in [6.07, 6.45) is 6.24. The average molecular weight is 370 g/mol. The molecule has 1 aromatic carbocycles. The number of nitrogens with zero attached hydrogens (tertiary/aromatic N) is 6. The van der Waals surface area contributed by atoms with Gasteiger partial charge in [-0.25, -0.2) is 4.68 Å². The van der Waals surface area contributed by atoms with Crippen LogP contribution in [0.5, 0.6) is 0 Å². The van der Waals surface area contributed by atoms with Gasteiger partial charge < -0.3 is 14.5 Å². The van der Waals surface area contributed by atoms with Crippen LogP contribution in [0.25, 0.3) is 5.69 Å². The van der Waals surface area contributed by atoms with E-state index >= 15 is 0 Å². The molecule has 2 aliphatic heterocycles. The Morgan fingerprint density at radius 2 is 1.89 bits per heavy atom. The lowest BCUT2D eigenvalue weighted by Crippen LogP contribution is -2.49. The lowest BCUT2D eigenvalue weighted by Gasteiger charge is -2.41. The number of carbonyl (C=O) groups excluding carboxylic acids is 1. The minimum atomic E-state index is 0.0847. The number of benzene rings is 1. The second-order valence-electron chi connectivity index (χ2n) is 7.30. The van der Waals surface area contributed by atoms with E-state index in [4.69, 9.17) is 4.74 Å². The second kappa shape index (κ2) is 8.14. The van der Waals surface area contributed by atoms with Crippen molar-refractivity contribution in [1.82, 2.24) is 30.0 Å². The summed E-state index contributed by atoms with van der Waals surface area (Å²) >= 11 is 0. The second-order valence-corrected chi connectivity index (χ2v) is 7.30. The highest BCUT2D eigenvalue weighted by atomic mass is 16.5. The normalized spacial score (nSPS) is 20.1. The molecule has 0 atom stereocenters. The van der Waals surface area contributed by atoms with Gasteiger partial charge in [0.2, 0.25) is 0 Å². The van der Waals surface area contributed by atoms with Crippen LogP contribution in [0.3, 0.4) is 0 Å². The quantitative estimate of drug-likeness (QED) is 0.809. The summed E-state index contributed by atoms with van der Waals surface area (Å²) in [6.45, 7) is 3.82. The maximum Gasteiger partial charge on any atom is 0.253 e. The fourth-order valence-corrected chi connectivity index (χ4v) is 4.15. The van der Waals surface area contributed by atoms with Gasteiger partial charge in [0.05, 0.1) is 11.8 Å². The first-order valence-corrected chi connectivity index (χ1v) is 9.64. The van der Waals surface area contributed by atoms with Gasteiger partial charge in [-0.15, -0.1) is 5.10 Å². The zero-order valence-corrected chi connectivity index (χ0v) is 15.7. The molecular formula is C19H26N6O2. The zero-order chi connectivity index (χ0) is 18.6. The third kappa shape index (κ3) is 4.01. The standard InChI is InChI=1S/C19H26N6O2/c1-27-18-7-11-23(12-8-18)16-5-9-24(10-6-16)19(26)15-3-2-4-17(13-15)25-14-20-21-22-25/h2-4,13-14,16,18H,5-12H2,1H3. The summed E-state index contributed by atoms with van der Waals surface area (Å²) in [6, 6.07) is 8.05. The summed E-state index contributed by atoms with van der Waals surface area (Å²) in [4.78, 5) is 17.5. The first kappa shape index (κ1) is 18.1. The van der Waals surface area contributed by atoms with Crippen molar-refractivity contribution >= 4 is 5.91 Å². The molecular weight excluding hydrogens is 344 g/mol. The number of likely N-dealkylation sites (tertiary alicyclic amines) is 2. The number of carbonyl (C=O) groups is 1. The van der Waals surface area contributed by atoms with Crippen LogP contribution in [0.4, 0.5) is 0 Å². The number of methoxy groups -OCH3 is 1. The Morgan fingerprint density at radius 3 is 2.56 bits per heavy atom. The van der Waals surface area contributed by atoms with Crippen LogP contribution in [0.1, 0.15) is 36.0 Å². The van der Waals surface area contributed by atoms with E-state index in [0.717, 1.165) is 57.5 Å². The van der Waals surface area contributed by atoms with Crippen LogP contribution in [0, 0.1) is 0 Å². The highest BCUT2D eigenvalue weighted by molar-refractivity contribution is 5.94.